The Hall–Kier alpha value is -3.43. The van der Waals surface area contributed by atoms with Crippen LogP contribution < -0.4 is 10.1 Å². The minimum absolute atomic E-state index is 0.211. The maximum Gasteiger partial charge on any atom is 0.308 e. The summed E-state index contributed by atoms with van der Waals surface area (Å²) >= 11 is 0. The van der Waals surface area contributed by atoms with E-state index in [1.807, 2.05) is 19.1 Å². The lowest BCUT2D eigenvalue weighted by atomic mass is 9.89. The van der Waals surface area contributed by atoms with Crippen molar-refractivity contribution >= 4 is 16.7 Å². The fourth-order valence-corrected chi connectivity index (χ4v) is 4.37. The van der Waals surface area contributed by atoms with Crippen molar-refractivity contribution in [3.05, 3.63) is 101 Å². The Bertz CT molecular complexity index is 1260. The molecule has 0 bridgehead atoms. The summed E-state index contributed by atoms with van der Waals surface area (Å²) in [6, 6.07) is 27.5. The molecule has 162 valence electrons. The highest BCUT2D eigenvalue weighted by atomic mass is 16.5. The number of nitrogens with one attached hydrogen (secondary N) is 1. The van der Waals surface area contributed by atoms with Gasteiger partial charge in [0.05, 0.1) is 0 Å². The Morgan fingerprint density at radius 2 is 1.62 bits per heavy atom. The van der Waals surface area contributed by atoms with E-state index in [1.54, 1.807) is 0 Å². The smallest absolute Gasteiger partial charge is 0.308 e. The molecule has 0 aliphatic heterocycles. The molecule has 1 N–H and O–H groups in total. The molecule has 0 amide bonds. The van der Waals surface area contributed by atoms with Gasteiger partial charge in [0.25, 0.3) is 0 Å². The zero-order chi connectivity index (χ0) is 22.7. The first-order chi connectivity index (χ1) is 15.4. The lowest BCUT2D eigenvalue weighted by molar-refractivity contribution is -0.131. The summed E-state index contributed by atoms with van der Waals surface area (Å²) in [6.45, 7) is 8.44. The first-order valence-corrected chi connectivity index (χ1v) is 11.0. The van der Waals surface area contributed by atoms with Crippen LogP contribution >= 0.6 is 0 Å². The summed E-state index contributed by atoms with van der Waals surface area (Å²) in [7, 11) is 0. The number of carbonyl (C=O) groups is 1. The van der Waals surface area contributed by atoms with Crippen LogP contribution in [0.15, 0.2) is 78.9 Å². The van der Waals surface area contributed by atoms with E-state index in [2.05, 4.69) is 85.9 Å². The Labute approximate surface area is 190 Å². The van der Waals surface area contributed by atoms with E-state index >= 15 is 0 Å². The van der Waals surface area contributed by atoms with Crippen molar-refractivity contribution in [2.24, 2.45) is 0 Å². The van der Waals surface area contributed by atoms with Gasteiger partial charge in [-0.3, -0.25) is 4.79 Å². The molecular formula is C29H29NO2. The predicted octanol–water partition coefficient (Wildman–Crippen LogP) is 6.90. The van der Waals surface area contributed by atoms with Crippen LogP contribution in [0.5, 0.6) is 5.75 Å². The number of rotatable bonds is 6. The van der Waals surface area contributed by atoms with E-state index in [-0.39, 0.29) is 12.0 Å². The largest absolute Gasteiger partial charge is 0.426 e. The monoisotopic (exact) mass is 423 g/mol. The van der Waals surface area contributed by atoms with Gasteiger partial charge in [-0.1, -0.05) is 72.8 Å². The van der Waals surface area contributed by atoms with Crippen LogP contribution in [-0.2, 0) is 11.3 Å². The normalized spacial score (nSPS) is 12.0. The zero-order valence-electron chi connectivity index (χ0n) is 19.1. The van der Waals surface area contributed by atoms with Gasteiger partial charge in [0.2, 0.25) is 0 Å². The highest BCUT2D eigenvalue weighted by Gasteiger charge is 2.19. The molecule has 0 saturated carbocycles. The van der Waals surface area contributed by atoms with Crippen molar-refractivity contribution in [1.29, 1.82) is 0 Å². The van der Waals surface area contributed by atoms with E-state index in [0.29, 0.717) is 12.3 Å². The van der Waals surface area contributed by atoms with Gasteiger partial charge in [0.15, 0.2) is 0 Å². The molecule has 32 heavy (non-hydrogen) atoms. The molecule has 4 aromatic rings. The van der Waals surface area contributed by atoms with E-state index < -0.39 is 0 Å². The number of hydrogen-bond donors (Lipinski definition) is 1. The van der Waals surface area contributed by atoms with Crippen molar-refractivity contribution in [1.82, 2.24) is 5.32 Å². The van der Waals surface area contributed by atoms with Gasteiger partial charge in [-0.25, -0.2) is 0 Å². The number of hydrogen-bond acceptors (Lipinski definition) is 3. The summed E-state index contributed by atoms with van der Waals surface area (Å²) in [5, 5.41) is 5.99. The third-order valence-electron chi connectivity index (χ3n) is 5.86. The van der Waals surface area contributed by atoms with Crippen LogP contribution in [0.2, 0.25) is 0 Å². The molecule has 0 aromatic heterocycles. The lowest BCUT2D eigenvalue weighted by Gasteiger charge is -2.21. The number of esters is 1. The molecule has 0 heterocycles. The fraction of sp³-hybridized carbons (Fsp3) is 0.207. The van der Waals surface area contributed by atoms with Gasteiger partial charge in [0.1, 0.15) is 5.75 Å². The quantitative estimate of drug-likeness (QED) is 0.271. The molecular weight excluding hydrogens is 394 g/mol. The molecule has 3 heteroatoms. The molecule has 0 aliphatic carbocycles. The number of benzene rings is 4. The van der Waals surface area contributed by atoms with Crippen LogP contribution in [-0.4, -0.2) is 5.97 Å². The van der Waals surface area contributed by atoms with Crippen LogP contribution in [0.4, 0.5) is 0 Å². The Morgan fingerprint density at radius 3 is 2.38 bits per heavy atom. The maximum atomic E-state index is 11.9. The molecule has 0 spiro atoms. The predicted molar refractivity (Wildman–Crippen MR) is 132 cm³/mol. The van der Waals surface area contributed by atoms with Crippen molar-refractivity contribution in [3.63, 3.8) is 0 Å². The average Bonchev–Trinajstić information content (AvgIpc) is 2.77. The van der Waals surface area contributed by atoms with Crippen LogP contribution in [0.3, 0.4) is 0 Å². The SMILES string of the molecule is CC(=O)Oc1cc(C)cc(C)c1-c1c(CN[C@H](C)c2ccccc2)ccc2ccccc12. The van der Waals surface area contributed by atoms with Crippen LogP contribution in [0, 0.1) is 13.8 Å². The van der Waals surface area contributed by atoms with Crippen molar-refractivity contribution in [3.8, 4) is 16.9 Å². The molecule has 0 unspecified atom stereocenters. The summed E-state index contributed by atoms with van der Waals surface area (Å²) in [4.78, 5) is 11.9. The summed E-state index contributed by atoms with van der Waals surface area (Å²) in [5.41, 5.74) is 6.68. The van der Waals surface area contributed by atoms with Gasteiger partial charge in [-0.2, -0.15) is 0 Å². The number of fused-ring (bicyclic) bond motifs is 1. The second-order valence-electron chi connectivity index (χ2n) is 8.38. The van der Waals surface area contributed by atoms with Crippen molar-refractivity contribution < 1.29 is 9.53 Å². The Morgan fingerprint density at radius 1 is 0.906 bits per heavy atom. The molecule has 0 fully saturated rings. The third kappa shape index (κ3) is 4.58. The third-order valence-corrected chi connectivity index (χ3v) is 5.86. The fourth-order valence-electron chi connectivity index (χ4n) is 4.37. The summed E-state index contributed by atoms with van der Waals surface area (Å²) < 4.78 is 5.70. The topological polar surface area (TPSA) is 38.3 Å². The molecule has 0 saturated heterocycles. The number of ether oxygens (including phenoxy) is 1. The second-order valence-corrected chi connectivity index (χ2v) is 8.38. The van der Waals surface area contributed by atoms with Crippen LogP contribution in [0.1, 0.15) is 42.1 Å². The molecule has 0 radical (unpaired) electrons. The van der Waals surface area contributed by atoms with Gasteiger partial charge in [-0.15, -0.1) is 0 Å². The van der Waals surface area contributed by atoms with Gasteiger partial charge < -0.3 is 10.1 Å². The zero-order valence-corrected chi connectivity index (χ0v) is 19.1. The van der Waals surface area contributed by atoms with E-state index in [1.165, 1.54) is 18.1 Å². The van der Waals surface area contributed by atoms with Crippen LogP contribution in [0.25, 0.3) is 21.9 Å². The van der Waals surface area contributed by atoms with E-state index in [0.717, 1.165) is 33.0 Å². The molecule has 3 nitrogen and oxygen atoms in total. The molecule has 4 rings (SSSR count). The van der Waals surface area contributed by atoms with Gasteiger partial charge in [-0.05, 0) is 65.4 Å². The minimum atomic E-state index is -0.311. The Balaban J connectivity index is 1.84. The van der Waals surface area contributed by atoms with Gasteiger partial charge in [0, 0.05) is 25.1 Å². The first kappa shape index (κ1) is 21.8. The molecule has 1 atom stereocenters. The summed E-state index contributed by atoms with van der Waals surface area (Å²) in [5.74, 6) is 0.303. The maximum absolute atomic E-state index is 11.9. The lowest BCUT2D eigenvalue weighted by Crippen LogP contribution is -2.18. The van der Waals surface area contributed by atoms with Crippen molar-refractivity contribution in [2.75, 3.05) is 0 Å². The summed E-state index contributed by atoms with van der Waals surface area (Å²) in [6.07, 6.45) is 0. The molecule has 4 aromatic carbocycles. The van der Waals surface area contributed by atoms with Crippen molar-refractivity contribution in [2.45, 2.75) is 40.3 Å². The number of aryl methyl sites for hydroxylation is 2. The number of carbonyl (C=O) groups excluding carboxylic acids is 1. The average molecular weight is 424 g/mol. The molecule has 0 aliphatic rings. The highest BCUT2D eigenvalue weighted by molar-refractivity contribution is 6.01. The van der Waals surface area contributed by atoms with E-state index in [9.17, 15) is 4.79 Å². The van der Waals surface area contributed by atoms with Gasteiger partial charge >= 0.3 is 5.97 Å². The standard InChI is InChI=1S/C29H29NO2/c1-19-16-20(2)28(27(17-19)32-22(4)31)29-25(15-14-24-12-8-9-13-26(24)29)18-30-21(3)23-10-6-5-7-11-23/h5-17,21,30H,18H2,1-4H3/t21-/m1/s1. The minimum Gasteiger partial charge on any atom is -0.426 e. The highest BCUT2D eigenvalue weighted by Crippen LogP contribution is 2.41. The van der Waals surface area contributed by atoms with E-state index in [4.69, 9.17) is 4.74 Å². The Kier molecular flexibility index (Phi) is 6.38. The first-order valence-electron chi connectivity index (χ1n) is 11.0. The second kappa shape index (κ2) is 9.37.